The maximum atomic E-state index is 14.1. The van der Waals surface area contributed by atoms with Gasteiger partial charge in [-0.2, -0.15) is 0 Å². The number of pyridine rings is 1. The Morgan fingerprint density at radius 1 is 1.09 bits per heavy atom. The minimum atomic E-state index is -0.720. The molecule has 4 nitrogen and oxygen atoms in total. The van der Waals surface area contributed by atoms with Gasteiger partial charge in [-0.3, -0.25) is 9.78 Å². The zero-order chi connectivity index (χ0) is 24.3. The minimum absolute atomic E-state index is 0.104. The third-order valence-electron chi connectivity index (χ3n) is 7.56. The molecule has 2 aromatic carbocycles. The third-order valence-corrected chi connectivity index (χ3v) is 7.56. The standard InChI is InChI=1S/C30H33FN2O2/c1-22-6-2-7-23(18-22)19-27-11-4-12-28(32-27)24-8-5-15-33(21-24)29(34)30(13-16-35-17-14-30)25-9-3-10-26(31)20-25/h2-4,6-7,9-12,18,20,24H,5,8,13-17,19,21H2,1H3/t24-/m1/s1. The number of piperidine rings is 1. The predicted octanol–water partition coefficient (Wildman–Crippen LogP) is 5.57. The maximum Gasteiger partial charge on any atom is 0.233 e. The Bertz CT molecular complexity index is 1190. The first-order valence-electron chi connectivity index (χ1n) is 12.7. The molecule has 0 N–H and O–H groups in total. The normalized spacial score (nSPS) is 19.9. The molecule has 1 amide bonds. The predicted molar refractivity (Wildman–Crippen MR) is 135 cm³/mol. The molecular weight excluding hydrogens is 439 g/mol. The highest BCUT2D eigenvalue weighted by Crippen LogP contribution is 2.39. The summed E-state index contributed by atoms with van der Waals surface area (Å²) in [5.74, 6) is 0.00823. The lowest BCUT2D eigenvalue weighted by Gasteiger charge is -2.42. The molecule has 5 heteroatoms. The molecule has 2 aliphatic rings. The molecule has 0 aliphatic carbocycles. The van der Waals surface area contributed by atoms with Crippen molar-refractivity contribution in [2.45, 2.75) is 50.4 Å². The fourth-order valence-corrected chi connectivity index (χ4v) is 5.69. The van der Waals surface area contributed by atoms with Crippen LogP contribution in [0.15, 0.2) is 66.7 Å². The van der Waals surface area contributed by atoms with E-state index < -0.39 is 5.41 Å². The van der Waals surface area contributed by atoms with E-state index in [0.717, 1.165) is 42.8 Å². The Balaban J connectivity index is 1.36. The van der Waals surface area contributed by atoms with Gasteiger partial charge in [-0.05, 0) is 68.0 Å². The van der Waals surface area contributed by atoms with Crippen molar-refractivity contribution in [2.24, 2.45) is 0 Å². The van der Waals surface area contributed by atoms with Crippen LogP contribution < -0.4 is 0 Å². The summed E-state index contributed by atoms with van der Waals surface area (Å²) in [5.41, 5.74) is 4.66. The topological polar surface area (TPSA) is 42.4 Å². The Labute approximate surface area is 207 Å². The summed E-state index contributed by atoms with van der Waals surface area (Å²) >= 11 is 0. The Morgan fingerprint density at radius 3 is 2.69 bits per heavy atom. The number of carbonyl (C=O) groups is 1. The Hall–Kier alpha value is -3.05. The summed E-state index contributed by atoms with van der Waals surface area (Å²) in [6.45, 7) is 4.52. The van der Waals surface area contributed by atoms with Crippen molar-refractivity contribution in [2.75, 3.05) is 26.3 Å². The van der Waals surface area contributed by atoms with Gasteiger partial charge < -0.3 is 9.64 Å². The lowest BCUT2D eigenvalue weighted by atomic mass is 9.72. The van der Waals surface area contributed by atoms with E-state index >= 15 is 0 Å². The molecule has 182 valence electrons. The Kier molecular flexibility index (Phi) is 6.96. The number of aryl methyl sites for hydroxylation is 1. The lowest BCUT2D eigenvalue weighted by Crippen LogP contribution is -2.52. The van der Waals surface area contributed by atoms with Gasteiger partial charge in [-0.15, -0.1) is 0 Å². The van der Waals surface area contributed by atoms with Crippen LogP contribution in [0.3, 0.4) is 0 Å². The van der Waals surface area contributed by atoms with Gasteiger partial charge in [0.15, 0.2) is 0 Å². The monoisotopic (exact) mass is 472 g/mol. The molecule has 2 aliphatic heterocycles. The fraction of sp³-hybridized carbons (Fsp3) is 0.400. The number of nitrogens with zero attached hydrogens (tertiary/aromatic N) is 2. The second kappa shape index (κ2) is 10.3. The molecule has 0 bridgehead atoms. The number of carbonyl (C=O) groups excluding carboxylic acids is 1. The highest BCUT2D eigenvalue weighted by molar-refractivity contribution is 5.88. The van der Waals surface area contributed by atoms with Gasteiger partial charge in [-0.25, -0.2) is 4.39 Å². The number of halogens is 1. The van der Waals surface area contributed by atoms with E-state index in [9.17, 15) is 9.18 Å². The average Bonchev–Trinajstić information content (AvgIpc) is 2.89. The summed E-state index contributed by atoms with van der Waals surface area (Å²) in [6.07, 6.45) is 3.92. The molecule has 0 radical (unpaired) electrons. The van der Waals surface area contributed by atoms with Crippen LogP contribution in [-0.4, -0.2) is 42.1 Å². The molecule has 2 fully saturated rings. The van der Waals surface area contributed by atoms with Crippen molar-refractivity contribution in [3.05, 3.63) is 101 Å². The van der Waals surface area contributed by atoms with Crippen molar-refractivity contribution in [3.63, 3.8) is 0 Å². The molecule has 0 saturated carbocycles. The average molecular weight is 473 g/mol. The molecule has 5 rings (SSSR count). The van der Waals surface area contributed by atoms with Crippen molar-refractivity contribution >= 4 is 5.91 Å². The molecule has 2 saturated heterocycles. The summed E-state index contributed by atoms with van der Waals surface area (Å²) in [7, 11) is 0. The second-order valence-corrected chi connectivity index (χ2v) is 10.0. The lowest BCUT2D eigenvalue weighted by molar-refractivity contribution is -0.142. The summed E-state index contributed by atoms with van der Waals surface area (Å²) < 4.78 is 19.7. The third kappa shape index (κ3) is 5.15. The van der Waals surface area contributed by atoms with Crippen LogP contribution in [0, 0.1) is 12.7 Å². The molecule has 35 heavy (non-hydrogen) atoms. The van der Waals surface area contributed by atoms with E-state index in [1.165, 1.54) is 23.3 Å². The summed E-state index contributed by atoms with van der Waals surface area (Å²) in [5, 5.41) is 0. The van der Waals surface area contributed by atoms with Crippen LogP contribution in [0.5, 0.6) is 0 Å². The largest absolute Gasteiger partial charge is 0.381 e. The van der Waals surface area contributed by atoms with Gasteiger partial charge in [0.25, 0.3) is 0 Å². The van der Waals surface area contributed by atoms with E-state index in [-0.39, 0.29) is 17.6 Å². The van der Waals surface area contributed by atoms with Gasteiger partial charge in [0.1, 0.15) is 5.82 Å². The first-order valence-corrected chi connectivity index (χ1v) is 12.7. The van der Waals surface area contributed by atoms with Gasteiger partial charge in [-0.1, -0.05) is 48.0 Å². The zero-order valence-corrected chi connectivity index (χ0v) is 20.4. The highest BCUT2D eigenvalue weighted by Gasteiger charge is 2.45. The van der Waals surface area contributed by atoms with Gasteiger partial charge >= 0.3 is 0 Å². The van der Waals surface area contributed by atoms with E-state index in [0.29, 0.717) is 32.6 Å². The number of hydrogen-bond donors (Lipinski definition) is 0. The number of amides is 1. The van der Waals surface area contributed by atoms with Gasteiger partial charge in [0.2, 0.25) is 5.91 Å². The molecule has 0 unspecified atom stereocenters. The van der Waals surface area contributed by atoms with Crippen LogP contribution in [0.25, 0.3) is 0 Å². The number of ether oxygens (including phenoxy) is 1. The smallest absolute Gasteiger partial charge is 0.233 e. The Morgan fingerprint density at radius 2 is 1.89 bits per heavy atom. The first-order chi connectivity index (χ1) is 17.0. The summed E-state index contributed by atoms with van der Waals surface area (Å²) in [6, 6.07) is 21.4. The SMILES string of the molecule is Cc1cccc(Cc2cccc([C@@H]3CCCN(C(=O)C4(c5cccc(F)c5)CCOCC4)C3)n2)c1. The van der Waals surface area contributed by atoms with Crippen molar-refractivity contribution < 1.29 is 13.9 Å². The van der Waals surface area contributed by atoms with Gasteiger partial charge in [0, 0.05) is 50.0 Å². The maximum absolute atomic E-state index is 14.1. The molecule has 0 spiro atoms. The zero-order valence-electron chi connectivity index (χ0n) is 20.4. The highest BCUT2D eigenvalue weighted by atomic mass is 19.1. The van der Waals surface area contributed by atoms with Crippen molar-refractivity contribution in [1.29, 1.82) is 0 Å². The number of aromatic nitrogens is 1. The molecule has 1 atom stereocenters. The fourth-order valence-electron chi connectivity index (χ4n) is 5.69. The minimum Gasteiger partial charge on any atom is -0.381 e. The molecule has 1 aromatic heterocycles. The van der Waals surface area contributed by atoms with Gasteiger partial charge in [0.05, 0.1) is 5.41 Å². The van der Waals surface area contributed by atoms with Crippen LogP contribution in [-0.2, 0) is 21.4 Å². The number of benzene rings is 2. The number of hydrogen-bond acceptors (Lipinski definition) is 3. The van der Waals surface area contributed by atoms with Crippen LogP contribution in [0.2, 0.25) is 0 Å². The van der Waals surface area contributed by atoms with E-state index in [1.807, 2.05) is 11.0 Å². The van der Waals surface area contributed by atoms with Crippen molar-refractivity contribution in [1.82, 2.24) is 9.88 Å². The van der Waals surface area contributed by atoms with Crippen molar-refractivity contribution in [3.8, 4) is 0 Å². The molecular formula is C30H33FN2O2. The first kappa shape index (κ1) is 23.7. The quantitative estimate of drug-likeness (QED) is 0.487. The van der Waals surface area contributed by atoms with Crippen LogP contribution >= 0.6 is 0 Å². The van der Waals surface area contributed by atoms with E-state index in [2.05, 4.69) is 49.4 Å². The second-order valence-electron chi connectivity index (χ2n) is 10.0. The van der Waals surface area contributed by atoms with E-state index in [1.54, 1.807) is 6.07 Å². The number of likely N-dealkylation sites (tertiary alicyclic amines) is 1. The number of rotatable bonds is 5. The van der Waals surface area contributed by atoms with E-state index in [4.69, 9.17) is 9.72 Å². The molecule has 3 heterocycles. The summed E-state index contributed by atoms with van der Waals surface area (Å²) in [4.78, 5) is 21.0. The van der Waals surface area contributed by atoms with Crippen LogP contribution in [0.4, 0.5) is 4.39 Å². The molecule has 3 aromatic rings. The van der Waals surface area contributed by atoms with Crippen LogP contribution in [0.1, 0.15) is 59.7 Å².